The van der Waals surface area contributed by atoms with Gasteiger partial charge in [-0.1, -0.05) is 0 Å². The van der Waals surface area contributed by atoms with Crippen molar-refractivity contribution in [1.29, 1.82) is 0 Å². The molecule has 0 aliphatic heterocycles. The molecule has 370 valence electrons. The van der Waals surface area contributed by atoms with Gasteiger partial charge in [-0.25, -0.2) is 0 Å². The zero-order chi connectivity index (χ0) is 47.1. The molecule has 0 aliphatic carbocycles. The molecule has 0 saturated heterocycles. The van der Waals surface area contributed by atoms with Gasteiger partial charge in [0.25, 0.3) is 0 Å². The van der Waals surface area contributed by atoms with Crippen LogP contribution in [0.15, 0.2) is 0 Å². The molecule has 0 heterocycles. The molecule has 0 bridgehead atoms. The van der Waals surface area contributed by atoms with Crippen molar-refractivity contribution in [2.45, 2.75) is 0 Å². The van der Waals surface area contributed by atoms with E-state index in [0.717, 1.165) is 29.4 Å². The maximum Gasteiger partial charge on any atom is 3.00 e. The maximum absolute atomic E-state index is 10.4. The summed E-state index contributed by atoms with van der Waals surface area (Å²) in [5.41, 5.74) is 0. The van der Waals surface area contributed by atoms with Gasteiger partial charge in [0.1, 0.15) is 0 Å². The van der Waals surface area contributed by atoms with Crippen LogP contribution in [0.4, 0.5) is 0 Å². The molecule has 0 fully saturated rings. The Bertz CT molecular complexity index is 1140. The average Bonchev–Trinajstić information content (AvgIpc) is 3.02. The molecule has 0 aromatic heterocycles. The molecule has 0 saturated carbocycles. The number of carbonyl (C=O) groups excluding carboxylic acids is 12. The molecule has 0 atom stereocenters. The third-order valence-electron chi connectivity index (χ3n) is 6.43. The van der Waals surface area contributed by atoms with Crippen molar-refractivity contribution in [3.63, 3.8) is 0 Å². The number of aliphatic carboxylic acids is 12. The largest absolute Gasteiger partial charge is 3.00 e. The second kappa shape index (κ2) is 44.6. The van der Waals surface area contributed by atoms with Crippen LogP contribution in [0.5, 0.6) is 0 Å². The summed E-state index contributed by atoms with van der Waals surface area (Å²) in [4.78, 5) is 130. The SMILES string of the molecule is O.O=C([O-])CN(CCN(CC(=O)[O-])CC(=O)[O-])CC(=O)[O-].O=C([O-])CN(CCN(CC(=O)[O-])CC(=O)[O-])CC(=O)[O-].O=C([O-])CN(CCN(CC(=O)[O-])CC(=O)[O-])CC(=O)[O-].[Fe+3].[Fe+3].[Fe+3].[Fe+3]. The topological polar surface area (TPSA) is 532 Å². The second-order valence-electron chi connectivity index (χ2n) is 11.7. The van der Waals surface area contributed by atoms with Crippen molar-refractivity contribution < 1.29 is 193 Å². The molecule has 65 heavy (non-hydrogen) atoms. The summed E-state index contributed by atoms with van der Waals surface area (Å²) in [5, 5.41) is 125. The minimum absolute atomic E-state index is 0. The Balaban J connectivity index is -0.000000120. The molecule has 0 unspecified atom stereocenters. The van der Waals surface area contributed by atoms with Crippen molar-refractivity contribution in [3.05, 3.63) is 0 Å². The molecule has 0 aromatic carbocycles. The molecule has 0 rings (SSSR count). The first kappa shape index (κ1) is 77.7. The molecule has 35 heteroatoms. The number of rotatable bonds is 33. The Morgan fingerprint density at radius 2 is 0.262 bits per heavy atom. The third-order valence-corrected chi connectivity index (χ3v) is 6.43. The zero-order valence-electron chi connectivity index (χ0n) is 33.1. The van der Waals surface area contributed by atoms with Crippen molar-refractivity contribution >= 4 is 71.6 Å². The summed E-state index contributed by atoms with van der Waals surface area (Å²) in [6, 6.07) is 0. The van der Waals surface area contributed by atoms with E-state index < -0.39 is 150 Å². The van der Waals surface area contributed by atoms with Crippen LogP contribution in [0.1, 0.15) is 0 Å². The molecule has 4 radical (unpaired) electrons. The van der Waals surface area contributed by atoms with E-state index in [1.54, 1.807) is 0 Å². The number of hydrogen-bond donors (Lipinski definition) is 0. The molecule has 31 nitrogen and oxygen atoms in total. The minimum Gasteiger partial charge on any atom is -0.549 e. The van der Waals surface area contributed by atoms with Crippen LogP contribution in [0, 0.1) is 0 Å². The Morgan fingerprint density at radius 3 is 0.308 bits per heavy atom. The Morgan fingerprint density at radius 1 is 0.200 bits per heavy atom. The van der Waals surface area contributed by atoms with Gasteiger partial charge in [0, 0.05) is 118 Å². The normalized spacial score (nSPS) is 9.88. The fourth-order valence-electron chi connectivity index (χ4n) is 4.32. The summed E-state index contributed by atoms with van der Waals surface area (Å²) in [6.45, 7) is -9.75. The molecule has 0 spiro atoms. The molecular weight excluding hydrogens is 1070 g/mol. The van der Waals surface area contributed by atoms with Gasteiger partial charge in [0.15, 0.2) is 0 Å². The van der Waals surface area contributed by atoms with E-state index in [9.17, 15) is 119 Å². The van der Waals surface area contributed by atoms with Gasteiger partial charge in [0.2, 0.25) is 0 Å². The molecule has 2 N–H and O–H groups in total. The monoisotopic (exact) mass is 1110 g/mol. The molecule has 0 amide bonds. The van der Waals surface area contributed by atoms with Crippen molar-refractivity contribution in [2.24, 2.45) is 0 Å². The smallest absolute Gasteiger partial charge is 0.549 e. The van der Waals surface area contributed by atoms with Crippen molar-refractivity contribution in [2.75, 3.05) is 118 Å². The van der Waals surface area contributed by atoms with Gasteiger partial charge in [-0.05, 0) is 0 Å². The average molecular weight is 1110 g/mol. The van der Waals surface area contributed by atoms with Crippen LogP contribution in [0.3, 0.4) is 0 Å². The van der Waals surface area contributed by atoms with E-state index >= 15 is 0 Å². The van der Waals surface area contributed by atoms with Crippen molar-refractivity contribution in [3.8, 4) is 0 Å². The number of carboxylic acid groups (broad SMARTS) is 12. The predicted octanol–water partition coefficient (Wildman–Crippen LogP) is -23.1. The van der Waals surface area contributed by atoms with Crippen molar-refractivity contribution in [1.82, 2.24) is 29.4 Å². The predicted molar refractivity (Wildman–Crippen MR) is 162 cm³/mol. The first-order chi connectivity index (χ1) is 27.6. The van der Waals surface area contributed by atoms with Crippen LogP contribution >= 0.6 is 0 Å². The standard InChI is InChI=1S/3C10H16N2O8.4Fe.H2O/c3*13-7(14)3-11(4-8(15)16)1-2-12(5-9(17)18)6-10(19)20;;;;;/h3*1-6H2,(H,13,14)(H,15,16)(H,17,18)(H,19,20);;;;;1H2/q;;;4*+3;/p-12. The Labute approximate surface area is 409 Å². The van der Waals surface area contributed by atoms with E-state index in [4.69, 9.17) is 0 Å². The summed E-state index contributed by atoms with van der Waals surface area (Å²) < 4.78 is 0. The fraction of sp³-hybridized carbons (Fsp3) is 0.600. The van der Waals surface area contributed by atoms with Gasteiger partial charge in [-0.3, -0.25) is 29.4 Å². The quantitative estimate of drug-likeness (QED) is 0.0551. The van der Waals surface area contributed by atoms with E-state index in [1.807, 2.05) is 0 Å². The number of hydrogen-bond acceptors (Lipinski definition) is 30. The van der Waals surface area contributed by atoms with E-state index in [-0.39, 0.29) is 113 Å². The van der Waals surface area contributed by atoms with Crippen LogP contribution in [-0.2, 0) is 126 Å². The summed E-state index contributed by atoms with van der Waals surface area (Å²) in [5.74, 6) is -18.4. The first-order valence-electron chi connectivity index (χ1n) is 16.3. The number of nitrogens with zero attached hydrogens (tertiary/aromatic N) is 6. The minimum atomic E-state index is -1.53. The van der Waals surface area contributed by atoms with E-state index in [1.165, 1.54) is 0 Å². The Hall–Kier alpha value is -4.56. The van der Waals surface area contributed by atoms with Crippen LogP contribution in [-0.4, -0.2) is 224 Å². The van der Waals surface area contributed by atoms with Crippen LogP contribution in [0.25, 0.3) is 0 Å². The van der Waals surface area contributed by atoms with Gasteiger partial charge >= 0.3 is 68.3 Å². The van der Waals surface area contributed by atoms with Gasteiger partial charge < -0.3 is 124 Å². The maximum atomic E-state index is 10.4. The van der Waals surface area contributed by atoms with E-state index in [2.05, 4.69) is 0 Å². The molecule has 0 aliphatic rings. The van der Waals surface area contributed by atoms with E-state index in [0.29, 0.717) is 0 Å². The van der Waals surface area contributed by atoms with Gasteiger partial charge in [-0.15, -0.1) is 0 Å². The van der Waals surface area contributed by atoms with Gasteiger partial charge in [-0.2, -0.15) is 0 Å². The van der Waals surface area contributed by atoms with Gasteiger partial charge in [0.05, 0.1) is 71.6 Å². The number of carbonyl (C=O) groups is 12. The molecular formula is C30H38Fe4N6O25. The zero-order valence-corrected chi connectivity index (χ0v) is 37.5. The Kier molecular flexibility index (Phi) is 53.3. The summed E-state index contributed by atoms with van der Waals surface area (Å²) in [7, 11) is 0. The fourth-order valence-corrected chi connectivity index (χ4v) is 4.32. The first-order valence-corrected chi connectivity index (χ1v) is 16.3. The number of carboxylic acids is 12. The summed E-state index contributed by atoms with van der Waals surface area (Å²) >= 11 is 0. The second-order valence-corrected chi connectivity index (χ2v) is 11.7. The summed E-state index contributed by atoms with van der Waals surface area (Å²) in [6.07, 6.45) is 0. The third kappa shape index (κ3) is 57.4. The van der Waals surface area contributed by atoms with Crippen LogP contribution < -0.4 is 61.3 Å². The van der Waals surface area contributed by atoms with Crippen LogP contribution in [0.2, 0.25) is 0 Å². The molecule has 0 aromatic rings.